The molecule has 0 radical (unpaired) electrons. The average Bonchev–Trinajstić information content (AvgIpc) is 1.55. The zero-order chi connectivity index (χ0) is 62.4. The van der Waals surface area contributed by atoms with E-state index in [1.165, 1.54) is 122 Å². The predicted molar refractivity (Wildman–Crippen MR) is 391 cm³/mol. The quantitative estimate of drug-likeness (QED) is 0.0602. The fourth-order valence-corrected chi connectivity index (χ4v) is 21.6. The molecule has 17 atom stereocenters. The Morgan fingerprint density at radius 2 is 0.935 bits per heavy atom. The van der Waals surface area contributed by atoms with Gasteiger partial charge in [-0.25, -0.2) is 0 Å². The predicted octanol–water partition coefficient (Wildman–Crippen LogP) is 23.6. The molecule has 0 aromatic heterocycles. The Bertz CT molecular complexity index is 2340. The summed E-state index contributed by atoms with van der Waals surface area (Å²) in [6.07, 6.45) is 29.2. The van der Waals surface area contributed by atoms with Crippen LogP contribution < -0.4 is 0 Å². The van der Waals surface area contributed by atoms with Gasteiger partial charge in [-0.1, -0.05) is 114 Å². The maximum atomic E-state index is 12.7. The normalized spacial score (nSPS) is 37.3. The summed E-state index contributed by atoms with van der Waals surface area (Å²) in [5.74, 6) is 12.3. The lowest BCUT2D eigenvalue weighted by molar-refractivity contribution is -0.248. The van der Waals surface area contributed by atoms with Gasteiger partial charge in [-0.3, -0.25) is 19.2 Å². The lowest BCUT2D eigenvalue weighted by atomic mass is 9.54. The van der Waals surface area contributed by atoms with Gasteiger partial charge in [0.2, 0.25) is 6.29 Å². The number of fused-ring (bicyclic) bond motifs is 12. The van der Waals surface area contributed by atoms with Crippen molar-refractivity contribution < 1.29 is 47.6 Å². The third-order valence-corrected chi connectivity index (χ3v) is 27.8. The second kappa shape index (κ2) is 32.4. The molecule has 0 amide bonds. The van der Waals surface area contributed by atoms with E-state index < -0.39 is 23.4 Å². The molecule has 0 saturated heterocycles. The Morgan fingerprint density at radius 1 is 0.462 bits per heavy atom. The van der Waals surface area contributed by atoms with Gasteiger partial charge in [-0.15, -0.1) is 0 Å². The van der Waals surface area contributed by atoms with Crippen LogP contribution in [0.4, 0.5) is 0 Å². The summed E-state index contributed by atoms with van der Waals surface area (Å²) in [4.78, 5) is 49.4. The first kappa shape index (κ1) is 88.8. The summed E-state index contributed by atoms with van der Waals surface area (Å²) in [5, 5.41) is 0. The third kappa shape index (κ3) is 17.5. The van der Waals surface area contributed by atoms with Crippen LogP contribution in [0.2, 0.25) is 0 Å². The molecular formula is C83H158O10. The highest BCUT2D eigenvalue weighted by molar-refractivity contribution is 5.77. The molecule has 10 nitrogen and oxygen atoms in total. The van der Waals surface area contributed by atoms with Crippen molar-refractivity contribution in [1.29, 1.82) is 0 Å². The van der Waals surface area contributed by atoms with Crippen LogP contribution in [0.3, 0.4) is 0 Å². The molecule has 13 aliphatic rings. The number of carbonyl (C=O) groups excluding carboxylic acids is 4. The van der Waals surface area contributed by atoms with E-state index in [0.717, 1.165) is 109 Å². The van der Waals surface area contributed by atoms with Crippen LogP contribution in [0, 0.1) is 121 Å². The molecule has 0 aliphatic heterocycles. The van der Waals surface area contributed by atoms with Crippen molar-refractivity contribution in [3.8, 4) is 0 Å². The maximum absolute atomic E-state index is 12.7. The minimum absolute atomic E-state index is 0. The molecule has 12 bridgehead atoms. The molecule has 1 spiro atoms. The van der Waals surface area contributed by atoms with E-state index >= 15 is 0 Å². The summed E-state index contributed by atoms with van der Waals surface area (Å²) in [6, 6.07) is 0. The van der Waals surface area contributed by atoms with E-state index in [1.54, 1.807) is 0 Å². The van der Waals surface area contributed by atoms with Gasteiger partial charge >= 0.3 is 23.9 Å². The minimum atomic E-state index is -0.418. The summed E-state index contributed by atoms with van der Waals surface area (Å²) in [5.41, 5.74) is -1.30. The molecular weight excluding hydrogens is 1160 g/mol. The van der Waals surface area contributed by atoms with Crippen molar-refractivity contribution in [3.05, 3.63) is 0 Å². The molecule has 13 rings (SSSR count). The molecule has 0 aromatic carbocycles. The van der Waals surface area contributed by atoms with E-state index in [4.69, 9.17) is 28.4 Å². The second-order valence-electron chi connectivity index (χ2n) is 35.5. The van der Waals surface area contributed by atoms with E-state index in [-0.39, 0.29) is 116 Å². The number of carbonyl (C=O) groups is 4. The van der Waals surface area contributed by atoms with Crippen molar-refractivity contribution in [2.24, 2.45) is 121 Å². The van der Waals surface area contributed by atoms with E-state index in [1.807, 2.05) is 90.0 Å². The Kier molecular flexibility index (Phi) is 31.0. The average molecular weight is 1320 g/mol. The summed E-state index contributed by atoms with van der Waals surface area (Å²) in [6.45, 7) is 41.5. The number of ether oxygens (including phenoxy) is 6. The molecule has 13 aliphatic carbocycles. The third-order valence-electron chi connectivity index (χ3n) is 27.8. The van der Waals surface area contributed by atoms with Crippen LogP contribution in [0.1, 0.15) is 352 Å². The van der Waals surface area contributed by atoms with Crippen LogP contribution in [0.5, 0.6) is 0 Å². The number of hydrogen-bond acceptors (Lipinski definition) is 10. The fraction of sp³-hybridized carbons (Fsp3) is 0.952. The van der Waals surface area contributed by atoms with Crippen molar-refractivity contribution in [2.75, 3.05) is 0 Å². The monoisotopic (exact) mass is 1320 g/mol. The van der Waals surface area contributed by atoms with Gasteiger partial charge in [0.1, 0.15) is 11.2 Å². The van der Waals surface area contributed by atoms with Crippen molar-refractivity contribution in [2.45, 2.75) is 387 Å². The highest BCUT2D eigenvalue weighted by Gasteiger charge is 2.69. The van der Waals surface area contributed by atoms with Gasteiger partial charge in [0.15, 0.2) is 6.29 Å². The number of rotatable bonds is 17. The highest BCUT2D eigenvalue weighted by atomic mass is 16.7. The van der Waals surface area contributed by atoms with E-state index in [2.05, 4.69) is 48.5 Å². The van der Waals surface area contributed by atoms with Gasteiger partial charge in [0, 0.05) is 11.8 Å². The number of hydrogen-bond donors (Lipinski definition) is 0. The maximum Gasteiger partial charge on any atom is 0.313 e. The van der Waals surface area contributed by atoms with E-state index in [0.29, 0.717) is 23.4 Å². The van der Waals surface area contributed by atoms with Crippen molar-refractivity contribution in [1.82, 2.24) is 0 Å². The summed E-state index contributed by atoms with van der Waals surface area (Å²) in [7, 11) is 0. The molecule has 10 heteroatoms. The van der Waals surface area contributed by atoms with Crippen LogP contribution in [0.15, 0.2) is 0 Å². The van der Waals surface area contributed by atoms with Crippen LogP contribution >= 0.6 is 0 Å². The molecule has 0 N–H and O–H groups in total. The van der Waals surface area contributed by atoms with Crippen molar-refractivity contribution in [3.63, 3.8) is 0 Å². The molecule has 0 heterocycles. The Morgan fingerprint density at radius 3 is 1.42 bits per heavy atom. The molecule has 13 saturated carbocycles. The Labute approximate surface area is 577 Å². The van der Waals surface area contributed by atoms with E-state index in [9.17, 15) is 19.2 Å². The summed E-state index contributed by atoms with van der Waals surface area (Å²) >= 11 is 0. The molecule has 17 unspecified atom stereocenters. The Balaban J connectivity index is 0.000000605. The lowest BCUT2D eigenvalue weighted by Crippen LogP contribution is -2.53. The first-order valence-electron chi connectivity index (χ1n) is 35.7. The smallest absolute Gasteiger partial charge is 0.313 e. The number of esters is 4. The van der Waals surface area contributed by atoms with Gasteiger partial charge in [0.25, 0.3) is 0 Å². The molecule has 93 heavy (non-hydrogen) atoms. The second-order valence-corrected chi connectivity index (χ2v) is 35.5. The zero-order valence-electron chi connectivity index (χ0n) is 57.9. The van der Waals surface area contributed by atoms with Gasteiger partial charge in [-0.05, 0) is 325 Å². The topological polar surface area (TPSA) is 124 Å². The summed E-state index contributed by atoms with van der Waals surface area (Å²) < 4.78 is 35.9. The van der Waals surface area contributed by atoms with Crippen LogP contribution in [-0.4, -0.2) is 59.4 Å². The standard InChI is InChI=1S/C21H36O2.C20H32O3.C18H30O3.C16H28O2.8CH4/c1-8-18(3,4)17(22)23-20(7)11-12-21-13-16(20)19(5,6)15(21)10-9-14(21)2;1-5-20(3,4)19(21)23-11(2)22-16-10-14-9-15(16)18-13-7-6-12(8-13)17(14)18;1-5-17(3,4)16(19)20-12(2)21-18-9-13-6-14(10-18)8-15(7-13)11-18;1-6-15(2,3)14(17)18-16(4,5)13-10-11-7-8-12(13)9-11;;;;;;;;/h14-16H,8-13H2,1-7H3;11-18H,5-10H2,1-4H3;12-15H,5-11H2,1-4H3;11-13H,6-10H2,1-5H3;8*1H4. The molecule has 13 fully saturated rings. The first-order chi connectivity index (χ1) is 39.5. The van der Waals surface area contributed by atoms with Crippen LogP contribution in [-0.2, 0) is 47.6 Å². The van der Waals surface area contributed by atoms with Gasteiger partial charge < -0.3 is 28.4 Å². The minimum Gasteiger partial charge on any atom is -0.459 e. The SMILES string of the molecule is C.C.C.C.C.C.C.C.CCC(C)(C)C(=O)OC(C)(C)C1CC2CCC1C2.CCC(C)(C)C(=O)OC(C)OC12CC3CC(CC(C3)C1)C2.CCC(C)(C)C(=O)OC(C)OC1CC2CC1C1C3CCC(C3)C21.CCC(C)(C)C(=O)OC1(C)CCC23CC1C(C)(C)C2CCC3C. The largest absolute Gasteiger partial charge is 0.459 e. The first-order valence-corrected chi connectivity index (χ1v) is 35.7. The van der Waals surface area contributed by atoms with Gasteiger partial charge in [-0.2, -0.15) is 0 Å². The fourth-order valence-electron chi connectivity index (χ4n) is 21.6. The molecule has 550 valence electrons. The van der Waals surface area contributed by atoms with Crippen molar-refractivity contribution >= 4 is 23.9 Å². The molecule has 0 aromatic rings. The van der Waals surface area contributed by atoms with Gasteiger partial charge in [0.05, 0.1) is 33.4 Å². The Hall–Kier alpha value is -2.20. The lowest BCUT2D eigenvalue weighted by Gasteiger charge is -2.56. The zero-order valence-corrected chi connectivity index (χ0v) is 57.9. The highest BCUT2D eigenvalue weighted by Crippen LogP contribution is 2.74. The van der Waals surface area contributed by atoms with Crippen LogP contribution in [0.25, 0.3) is 0 Å².